The van der Waals surface area contributed by atoms with Crippen molar-refractivity contribution in [3.05, 3.63) is 38.7 Å². The second-order valence-electron chi connectivity index (χ2n) is 4.58. The molecular formula is C13H13ClN4O2S. The van der Waals surface area contributed by atoms with E-state index in [9.17, 15) is 4.79 Å². The lowest BCUT2D eigenvalue weighted by Crippen LogP contribution is -2.23. The molecule has 1 unspecified atom stereocenters. The van der Waals surface area contributed by atoms with E-state index in [1.54, 1.807) is 11.3 Å². The van der Waals surface area contributed by atoms with Crippen LogP contribution in [0.3, 0.4) is 0 Å². The minimum absolute atomic E-state index is 0.0711. The second kappa shape index (κ2) is 5.97. The maximum Gasteiger partial charge on any atom is 0.252 e. The Balaban J connectivity index is 1.76. The summed E-state index contributed by atoms with van der Waals surface area (Å²) in [6.45, 7) is 1.18. The van der Waals surface area contributed by atoms with E-state index in [1.165, 1.54) is 16.5 Å². The van der Waals surface area contributed by atoms with E-state index in [-0.39, 0.29) is 16.8 Å². The van der Waals surface area contributed by atoms with Crippen LogP contribution in [0.5, 0.6) is 0 Å². The summed E-state index contributed by atoms with van der Waals surface area (Å²) in [7, 11) is 0. The van der Waals surface area contributed by atoms with Crippen LogP contribution in [0.1, 0.15) is 26.9 Å². The molecule has 2 aromatic heterocycles. The van der Waals surface area contributed by atoms with E-state index in [0.717, 1.165) is 6.42 Å². The van der Waals surface area contributed by atoms with E-state index >= 15 is 0 Å². The Labute approximate surface area is 130 Å². The molecule has 110 valence electrons. The van der Waals surface area contributed by atoms with Gasteiger partial charge in [0.2, 0.25) is 0 Å². The van der Waals surface area contributed by atoms with Crippen molar-refractivity contribution in [1.82, 2.24) is 10.2 Å². The Morgan fingerprint density at radius 1 is 1.57 bits per heavy atom. The first-order valence-corrected chi connectivity index (χ1v) is 7.65. The second-order valence-corrected chi connectivity index (χ2v) is 5.97. The molecule has 0 saturated carbocycles. The third-order valence-electron chi connectivity index (χ3n) is 3.26. The van der Waals surface area contributed by atoms with Gasteiger partial charge in [0, 0.05) is 17.8 Å². The highest BCUT2D eigenvalue weighted by Gasteiger charge is 2.22. The predicted octanol–water partition coefficient (Wildman–Crippen LogP) is 2.02. The largest absolute Gasteiger partial charge is 0.371 e. The van der Waals surface area contributed by atoms with Gasteiger partial charge in [-0.3, -0.25) is 4.79 Å². The summed E-state index contributed by atoms with van der Waals surface area (Å²) in [6.07, 6.45) is 0.870. The average Bonchev–Trinajstić information content (AvgIpc) is 2.94. The van der Waals surface area contributed by atoms with Crippen molar-refractivity contribution in [2.45, 2.75) is 12.5 Å². The third kappa shape index (κ3) is 2.99. The number of amides is 1. The molecule has 6 nitrogen and oxygen atoms in total. The molecule has 3 heterocycles. The van der Waals surface area contributed by atoms with Gasteiger partial charge in [0.15, 0.2) is 11.0 Å². The van der Waals surface area contributed by atoms with E-state index in [4.69, 9.17) is 22.1 Å². The molecule has 21 heavy (non-hydrogen) atoms. The summed E-state index contributed by atoms with van der Waals surface area (Å²) in [6, 6.07) is 3.46. The number of fused-ring (bicyclic) bond motifs is 1. The van der Waals surface area contributed by atoms with Gasteiger partial charge in [-0.2, -0.15) is 0 Å². The molecule has 8 heteroatoms. The van der Waals surface area contributed by atoms with Crippen LogP contribution in [0.15, 0.2) is 17.5 Å². The Kier molecular flexibility index (Phi) is 4.05. The lowest BCUT2D eigenvalue weighted by atomic mass is 10.1. The fraction of sp³-hybridized carbons (Fsp3) is 0.308. The molecule has 1 amide bonds. The summed E-state index contributed by atoms with van der Waals surface area (Å²) in [5, 5.41) is 12.9. The number of primary amides is 1. The number of rotatable bonds is 4. The van der Waals surface area contributed by atoms with E-state index in [2.05, 4.69) is 27.0 Å². The zero-order chi connectivity index (χ0) is 14.8. The van der Waals surface area contributed by atoms with Crippen molar-refractivity contribution in [3.63, 3.8) is 0 Å². The van der Waals surface area contributed by atoms with Crippen LogP contribution in [0.25, 0.3) is 0 Å². The summed E-state index contributed by atoms with van der Waals surface area (Å²) in [5.74, 6) is -0.284. The van der Waals surface area contributed by atoms with Crippen molar-refractivity contribution >= 4 is 34.7 Å². The highest BCUT2D eigenvalue weighted by molar-refractivity contribution is 7.10. The van der Waals surface area contributed by atoms with Crippen LogP contribution >= 0.6 is 22.9 Å². The highest BCUT2D eigenvalue weighted by Crippen LogP contribution is 2.31. The lowest BCUT2D eigenvalue weighted by Gasteiger charge is -2.24. The average molecular weight is 325 g/mol. The van der Waals surface area contributed by atoms with Gasteiger partial charge in [0.05, 0.1) is 12.2 Å². The van der Waals surface area contributed by atoms with Gasteiger partial charge in [-0.1, -0.05) is 11.6 Å². The number of hydrogen-bond acceptors (Lipinski definition) is 6. The molecule has 0 bridgehead atoms. The number of nitrogens with two attached hydrogens (primary N) is 1. The zero-order valence-electron chi connectivity index (χ0n) is 11.0. The molecule has 0 spiro atoms. The van der Waals surface area contributed by atoms with Crippen LogP contribution in [0, 0.1) is 0 Å². The zero-order valence-corrected chi connectivity index (χ0v) is 12.6. The molecule has 1 atom stereocenters. The Hall–Kier alpha value is -1.70. The van der Waals surface area contributed by atoms with E-state index < -0.39 is 5.91 Å². The maximum absolute atomic E-state index is 11.4. The summed E-state index contributed by atoms with van der Waals surface area (Å²) in [5.41, 5.74) is 6.72. The number of anilines is 1. The van der Waals surface area contributed by atoms with Crippen LogP contribution in [0.2, 0.25) is 5.15 Å². The smallest absolute Gasteiger partial charge is 0.252 e. The number of carbonyl (C=O) groups excluding carboxylic acids is 1. The topological polar surface area (TPSA) is 90.1 Å². The first-order valence-electron chi connectivity index (χ1n) is 6.40. The highest BCUT2D eigenvalue weighted by atomic mass is 35.5. The first kappa shape index (κ1) is 14.2. The summed E-state index contributed by atoms with van der Waals surface area (Å²) >= 11 is 7.46. The van der Waals surface area contributed by atoms with Crippen molar-refractivity contribution in [2.24, 2.45) is 5.73 Å². The molecule has 0 fully saturated rings. The van der Waals surface area contributed by atoms with Crippen molar-refractivity contribution in [2.75, 3.05) is 18.5 Å². The quantitative estimate of drug-likeness (QED) is 0.898. The van der Waals surface area contributed by atoms with Gasteiger partial charge < -0.3 is 15.8 Å². The van der Waals surface area contributed by atoms with Crippen LogP contribution < -0.4 is 11.1 Å². The van der Waals surface area contributed by atoms with Gasteiger partial charge in [-0.15, -0.1) is 21.5 Å². The van der Waals surface area contributed by atoms with Gasteiger partial charge >= 0.3 is 0 Å². The van der Waals surface area contributed by atoms with Gasteiger partial charge in [-0.05, 0) is 23.1 Å². The number of carbonyl (C=O) groups is 1. The molecule has 1 aliphatic rings. The Morgan fingerprint density at radius 2 is 2.43 bits per heavy atom. The van der Waals surface area contributed by atoms with Crippen LogP contribution in [0.4, 0.5) is 5.82 Å². The number of thiophene rings is 1. The molecule has 0 radical (unpaired) electrons. The Bertz CT molecular complexity index is 676. The third-order valence-corrected chi connectivity index (χ3v) is 4.44. The SMILES string of the molecule is NC(=O)c1cc(Cl)nnc1NCC1OCCc2sccc21. The molecule has 3 N–H and O–H groups in total. The van der Waals surface area contributed by atoms with Gasteiger partial charge in [0.1, 0.15) is 6.10 Å². The monoisotopic (exact) mass is 324 g/mol. The standard InChI is InChI=1S/C13H13ClN4O2S/c14-11-5-8(12(15)19)13(18-17-11)16-6-9-7-2-4-21-10(7)1-3-20-9/h2,4-5,9H,1,3,6H2,(H2,15,19)(H,16,18). The maximum atomic E-state index is 11.4. The molecule has 0 aromatic carbocycles. The predicted molar refractivity (Wildman–Crippen MR) is 80.8 cm³/mol. The molecular weight excluding hydrogens is 312 g/mol. The van der Waals surface area contributed by atoms with Crippen LogP contribution in [-0.2, 0) is 11.2 Å². The van der Waals surface area contributed by atoms with E-state index in [1.807, 2.05) is 0 Å². The van der Waals surface area contributed by atoms with Crippen molar-refractivity contribution in [3.8, 4) is 0 Å². The number of ether oxygens (including phenoxy) is 1. The van der Waals surface area contributed by atoms with E-state index in [0.29, 0.717) is 19.0 Å². The van der Waals surface area contributed by atoms with Crippen LogP contribution in [-0.4, -0.2) is 29.3 Å². The fourth-order valence-corrected chi connectivity index (χ4v) is 3.33. The normalized spacial score (nSPS) is 17.3. The molecule has 3 rings (SSSR count). The molecule has 0 saturated heterocycles. The molecule has 0 aliphatic carbocycles. The number of halogens is 1. The van der Waals surface area contributed by atoms with Gasteiger partial charge in [0.25, 0.3) is 5.91 Å². The number of aromatic nitrogens is 2. The van der Waals surface area contributed by atoms with Crippen molar-refractivity contribution < 1.29 is 9.53 Å². The lowest BCUT2D eigenvalue weighted by molar-refractivity contribution is 0.0526. The number of nitrogens with zero attached hydrogens (tertiary/aromatic N) is 2. The van der Waals surface area contributed by atoms with Crippen molar-refractivity contribution in [1.29, 1.82) is 0 Å². The van der Waals surface area contributed by atoms with Gasteiger partial charge in [-0.25, -0.2) is 0 Å². The first-order chi connectivity index (χ1) is 10.1. The fourth-order valence-electron chi connectivity index (χ4n) is 2.27. The number of nitrogens with one attached hydrogen (secondary N) is 1. The Morgan fingerprint density at radius 3 is 3.24 bits per heavy atom. The minimum Gasteiger partial charge on any atom is -0.371 e. The molecule has 2 aromatic rings. The molecule has 1 aliphatic heterocycles. The minimum atomic E-state index is -0.602. The summed E-state index contributed by atoms with van der Waals surface area (Å²) in [4.78, 5) is 12.7. The summed E-state index contributed by atoms with van der Waals surface area (Å²) < 4.78 is 5.76. The number of hydrogen-bond donors (Lipinski definition) is 2.